The molecular weight excluding hydrogens is 440 g/mol. The molecule has 2 N–H and O–H groups in total. The largest absolute Gasteiger partial charge is 0.484 e. The Balaban J connectivity index is 1.30. The van der Waals surface area contributed by atoms with Crippen LogP contribution in [-0.4, -0.2) is 29.2 Å². The van der Waals surface area contributed by atoms with E-state index in [1.807, 2.05) is 79.3 Å². The molecule has 0 saturated carbocycles. The predicted octanol–water partition coefficient (Wildman–Crippen LogP) is 4.88. The number of nitrogens with zero attached hydrogens (tertiary/aromatic N) is 2. The van der Waals surface area contributed by atoms with Gasteiger partial charge in [-0.25, -0.2) is 5.43 Å². The summed E-state index contributed by atoms with van der Waals surface area (Å²) in [5.74, 6) is -0.0395. The zero-order valence-electron chi connectivity index (χ0n) is 19.6. The van der Waals surface area contributed by atoms with E-state index < -0.39 is 0 Å². The summed E-state index contributed by atoms with van der Waals surface area (Å²) in [5, 5.41) is 6.88. The second kappa shape index (κ2) is 11.0. The van der Waals surface area contributed by atoms with E-state index in [4.69, 9.17) is 4.74 Å². The average molecular weight is 467 g/mol. The van der Waals surface area contributed by atoms with E-state index in [-0.39, 0.29) is 18.4 Å². The molecule has 0 aliphatic rings. The number of ether oxygens (including phenoxy) is 1. The van der Waals surface area contributed by atoms with Crippen molar-refractivity contribution in [2.75, 3.05) is 11.9 Å². The number of hydrazone groups is 1. The van der Waals surface area contributed by atoms with Gasteiger partial charge in [-0.3, -0.25) is 9.59 Å². The van der Waals surface area contributed by atoms with Gasteiger partial charge in [0, 0.05) is 29.3 Å². The molecule has 0 atom stereocenters. The van der Waals surface area contributed by atoms with Gasteiger partial charge in [0.2, 0.25) is 0 Å². The zero-order valence-corrected chi connectivity index (χ0v) is 19.6. The third kappa shape index (κ3) is 6.45. The minimum absolute atomic E-state index is 0.123. The van der Waals surface area contributed by atoms with Gasteiger partial charge in [-0.2, -0.15) is 5.10 Å². The molecule has 4 aromatic rings. The molecule has 0 aliphatic carbocycles. The summed E-state index contributed by atoms with van der Waals surface area (Å²) in [7, 11) is 0. The normalized spacial score (nSPS) is 10.8. The monoisotopic (exact) mass is 466 g/mol. The van der Waals surface area contributed by atoms with Gasteiger partial charge < -0.3 is 14.6 Å². The molecule has 3 aromatic carbocycles. The van der Waals surface area contributed by atoms with Crippen LogP contribution in [0.3, 0.4) is 0 Å². The molecular formula is C28H26N4O3. The van der Waals surface area contributed by atoms with Crippen LogP contribution in [0.5, 0.6) is 5.75 Å². The van der Waals surface area contributed by atoms with Crippen LogP contribution in [0.4, 0.5) is 5.69 Å². The maximum absolute atomic E-state index is 12.5. The highest BCUT2D eigenvalue weighted by molar-refractivity contribution is 5.95. The van der Waals surface area contributed by atoms with Crippen molar-refractivity contribution in [1.29, 1.82) is 0 Å². The average Bonchev–Trinajstić information content (AvgIpc) is 3.41. The van der Waals surface area contributed by atoms with Crippen LogP contribution >= 0.6 is 0 Å². The first-order chi connectivity index (χ1) is 17.0. The van der Waals surface area contributed by atoms with Crippen molar-refractivity contribution in [2.45, 2.75) is 13.8 Å². The molecule has 2 amide bonds. The molecule has 7 heteroatoms. The summed E-state index contributed by atoms with van der Waals surface area (Å²) in [6.45, 7) is 3.90. The van der Waals surface area contributed by atoms with E-state index in [0.717, 1.165) is 22.5 Å². The topological polar surface area (TPSA) is 84.7 Å². The Bertz CT molecular complexity index is 1360. The third-order valence-electron chi connectivity index (χ3n) is 5.41. The van der Waals surface area contributed by atoms with Gasteiger partial charge in [-0.1, -0.05) is 24.3 Å². The maximum Gasteiger partial charge on any atom is 0.271 e. The number of hydrogen-bond donors (Lipinski definition) is 2. The summed E-state index contributed by atoms with van der Waals surface area (Å²) in [6, 6.07) is 24.0. The molecule has 0 saturated heterocycles. The minimum Gasteiger partial charge on any atom is -0.484 e. The highest BCUT2D eigenvalue weighted by Crippen LogP contribution is 2.15. The fraction of sp³-hybridized carbons (Fsp3) is 0.107. The van der Waals surface area contributed by atoms with Gasteiger partial charge in [0.05, 0.1) is 6.21 Å². The van der Waals surface area contributed by atoms with Crippen molar-refractivity contribution in [1.82, 2.24) is 9.99 Å². The quantitative estimate of drug-likeness (QED) is 0.287. The van der Waals surface area contributed by atoms with Crippen molar-refractivity contribution in [3.05, 3.63) is 114 Å². The number of benzene rings is 3. The van der Waals surface area contributed by atoms with Gasteiger partial charge in [-0.15, -0.1) is 0 Å². The van der Waals surface area contributed by atoms with Crippen molar-refractivity contribution in [2.24, 2.45) is 5.10 Å². The summed E-state index contributed by atoms with van der Waals surface area (Å²) >= 11 is 0. The van der Waals surface area contributed by atoms with Crippen LogP contribution in [0, 0.1) is 13.8 Å². The molecule has 0 spiro atoms. The molecule has 4 rings (SSSR count). The number of hydrogen-bond acceptors (Lipinski definition) is 4. The molecule has 0 radical (unpaired) electrons. The Kier molecular flexibility index (Phi) is 7.37. The lowest BCUT2D eigenvalue weighted by Crippen LogP contribution is -2.20. The second-order valence-corrected chi connectivity index (χ2v) is 8.05. The van der Waals surface area contributed by atoms with Gasteiger partial charge in [0.25, 0.3) is 11.8 Å². The number of carbonyl (C=O) groups is 2. The second-order valence-electron chi connectivity index (χ2n) is 8.05. The van der Waals surface area contributed by atoms with E-state index in [2.05, 4.69) is 15.8 Å². The van der Waals surface area contributed by atoms with Crippen molar-refractivity contribution in [3.63, 3.8) is 0 Å². The fourth-order valence-corrected chi connectivity index (χ4v) is 3.39. The highest BCUT2D eigenvalue weighted by atomic mass is 16.5. The predicted molar refractivity (Wildman–Crippen MR) is 137 cm³/mol. The molecule has 7 nitrogen and oxygen atoms in total. The first-order valence-electron chi connectivity index (χ1n) is 11.1. The molecule has 0 unspecified atom stereocenters. The molecule has 0 fully saturated rings. The summed E-state index contributed by atoms with van der Waals surface area (Å²) < 4.78 is 7.54. The first-order valence-corrected chi connectivity index (χ1v) is 11.1. The molecule has 176 valence electrons. The van der Waals surface area contributed by atoms with Crippen LogP contribution in [0.2, 0.25) is 0 Å². The van der Waals surface area contributed by atoms with E-state index in [9.17, 15) is 9.59 Å². The lowest BCUT2D eigenvalue weighted by molar-refractivity contribution is -0.118. The Morgan fingerprint density at radius 3 is 2.51 bits per heavy atom. The fourth-order valence-electron chi connectivity index (χ4n) is 3.39. The van der Waals surface area contributed by atoms with Crippen LogP contribution in [0.1, 0.15) is 27.0 Å². The van der Waals surface area contributed by atoms with Crippen molar-refractivity contribution >= 4 is 23.7 Å². The highest BCUT2D eigenvalue weighted by Gasteiger charge is 2.07. The molecule has 1 heterocycles. The number of aryl methyl sites for hydroxylation is 2. The molecule has 0 bridgehead atoms. The maximum atomic E-state index is 12.5. The van der Waals surface area contributed by atoms with Crippen LogP contribution < -0.4 is 15.5 Å². The number of anilines is 1. The van der Waals surface area contributed by atoms with E-state index in [1.165, 1.54) is 11.8 Å². The third-order valence-corrected chi connectivity index (χ3v) is 5.41. The Labute approximate surface area is 204 Å². The van der Waals surface area contributed by atoms with Gasteiger partial charge in [-0.05, 0) is 85.1 Å². The SMILES string of the molecule is Cc1ccc(NC(=O)COc2cccc(/C=N/NC(=O)c3cccc(-n4cccc4)c3)c2)cc1C. The lowest BCUT2D eigenvalue weighted by Gasteiger charge is -2.09. The number of rotatable bonds is 8. The summed E-state index contributed by atoms with van der Waals surface area (Å²) in [6.07, 6.45) is 5.35. The minimum atomic E-state index is -0.314. The Hall–Kier alpha value is -4.65. The van der Waals surface area contributed by atoms with Crippen molar-refractivity contribution < 1.29 is 14.3 Å². The molecule has 0 aliphatic heterocycles. The Morgan fingerprint density at radius 1 is 0.914 bits per heavy atom. The lowest BCUT2D eigenvalue weighted by atomic mass is 10.1. The summed E-state index contributed by atoms with van der Waals surface area (Å²) in [5.41, 5.74) is 7.66. The molecule has 1 aromatic heterocycles. The van der Waals surface area contributed by atoms with Crippen molar-refractivity contribution in [3.8, 4) is 11.4 Å². The standard InChI is InChI=1S/C28H26N4O3/c1-20-11-12-24(15-21(20)2)30-27(33)19-35-26-10-5-7-22(16-26)18-29-31-28(34)23-8-6-9-25(17-23)32-13-3-4-14-32/h3-18H,19H2,1-2H3,(H,30,33)(H,31,34)/b29-18+. The van der Waals surface area contributed by atoms with Crippen LogP contribution in [-0.2, 0) is 4.79 Å². The van der Waals surface area contributed by atoms with E-state index in [1.54, 1.807) is 30.3 Å². The van der Waals surface area contributed by atoms with Gasteiger partial charge in [0.1, 0.15) is 5.75 Å². The molecule has 35 heavy (non-hydrogen) atoms. The van der Waals surface area contributed by atoms with E-state index in [0.29, 0.717) is 11.3 Å². The van der Waals surface area contributed by atoms with Crippen LogP contribution in [0.25, 0.3) is 5.69 Å². The van der Waals surface area contributed by atoms with Gasteiger partial charge in [0.15, 0.2) is 6.61 Å². The number of aromatic nitrogens is 1. The number of nitrogens with one attached hydrogen (secondary N) is 2. The first kappa shape index (κ1) is 23.5. The van der Waals surface area contributed by atoms with Gasteiger partial charge >= 0.3 is 0 Å². The Morgan fingerprint density at radius 2 is 1.71 bits per heavy atom. The van der Waals surface area contributed by atoms with E-state index >= 15 is 0 Å². The zero-order chi connectivity index (χ0) is 24.6. The summed E-state index contributed by atoms with van der Waals surface area (Å²) in [4.78, 5) is 24.7. The number of amides is 2. The smallest absolute Gasteiger partial charge is 0.271 e. The number of carbonyl (C=O) groups excluding carboxylic acids is 2. The van der Waals surface area contributed by atoms with Crippen LogP contribution in [0.15, 0.2) is 96.4 Å².